The lowest BCUT2D eigenvalue weighted by molar-refractivity contribution is 0.241. The highest BCUT2D eigenvalue weighted by molar-refractivity contribution is 7.89. The number of sulfonamides is 1. The van der Waals surface area contributed by atoms with Crippen molar-refractivity contribution in [3.63, 3.8) is 0 Å². The molecule has 0 bridgehead atoms. The Labute approximate surface area is 248 Å². The highest BCUT2D eigenvalue weighted by Gasteiger charge is 2.27. The molecule has 0 radical (unpaired) electrons. The van der Waals surface area contributed by atoms with Crippen molar-refractivity contribution in [2.45, 2.75) is 75.8 Å². The zero-order chi connectivity index (χ0) is 29.1. The molecule has 1 aliphatic carbocycles. The quantitative estimate of drug-likeness (QED) is 0.248. The van der Waals surface area contributed by atoms with Gasteiger partial charge in [0.15, 0.2) is 5.82 Å². The van der Waals surface area contributed by atoms with Gasteiger partial charge in [0.25, 0.3) is 0 Å². The molecule has 1 aromatic heterocycles. The fraction of sp³-hybridized carbons (Fsp3) is 0.467. The first-order chi connectivity index (χ1) is 19.6. The van der Waals surface area contributed by atoms with E-state index in [1.165, 1.54) is 17.3 Å². The van der Waals surface area contributed by atoms with Crippen molar-refractivity contribution in [2.24, 2.45) is 0 Å². The van der Waals surface area contributed by atoms with Crippen LogP contribution in [0, 0.1) is 6.92 Å². The van der Waals surface area contributed by atoms with Gasteiger partial charge >= 0.3 is 0 Å². The van der Waals surface area contributed by atoms with Gasteiger partial charge in [-0.15, -0.1) is 0 Å². The predicted octanol–water partition coefficient (Wildman–Crippen LogP) is 6.35. The van der Waals surface area contributed by atoms with Crippen LogP contribution in [0.3, 0.4) is 0 Å². The number of likely N-dealkylation sites (tertiary alicyclic amines) is 1. The van der Waals surface area contributed by atoms with E-state index in [0.717, 1.165) is 56.6 Å². The van der Waals surface area contributed by atoms with E-state index in [2.05, 4.69) is 56.3 Å². The lowest BCUT2D eigenvalue weighted by Gasteiger charge is -2.30. The summed E-state index contributed by atoms with van der Waals surface area (Å²) in [4.78, 5) is 11.5. The summed E-state index contributed by atoms with van der Waals surface area (Å²) in [6.07, 6.45) is 6.45. The molecular weight excluding hydrogens is 560 g/mol. The van der Waals surface area contributed by atoms with Gasteiger partial charge < -0.3 is 20.3 Å². The standard InChI is InChI=1S/C30H39ClN6O3S/c1-19(2)40-27-17-23(21-12-14-37(4)15-13-21)20(3)16-26(27)34-30-32-18-24(31)29(35-30)33-25-10-5-6-11-28(25)41(38,39)36-22-8-7-9-22/h5-6,10-11,16-19,21-22,36H,7-9,12-15H2,1-4H3,(H2,32,33,34,35). The minimum absolute atomic E-state index is 0.0149. The first kappa shape index (κ1) is 29.6. The molecular formula is C30H39ClN6O3S. The van der Waals surface area contributed by atoms with Crippen LogP contribution in [0.15, 0.2) is 47.5 Å². The molecule has 1 saturated carbocycles. The molecule has 41 heavy (non-hydrogen) atoms. The summed E-state index contributed by atoms with van der Waals surface area (Å²) in [6, 6.07) is 10.9. The topological polar surface area (TPSA) is 108 Å². The minimum atomic E-state index is -3.72. The third kappa shape index (κ3) is 7.12. The average Bonchev–Trinajstić information content (AvgIpc) is 2.90. The van der Waals surface area contributed by atoms with Gasteiger partial charge in [-0.2, -0.15) is 4.98 Å². The van der Waals surface area contributed by atoms with Crippen molar-refractivity contribution >= 4 is 44.8 Å². The molecule has 0 spiro atoms. The molecule has 2 fully saturated rings. The maximum atomic E-state index is 13.1. The van der Waals surface area contributed by atoms with E-state index in [1.54, 1.807) is 24.3 Å². The fourth-order valence-corrected chi connectivity index (χ4v) is 6.89. The summed E-state index contributed by atoms with van der Waals surface area (Å²) >= 11 is 6.47. The normalized spacial score (nSPS) is 16.9. The van der Waals surface area contributed by atoms with Crippen LogP contribution < -0.4 is 20.1 Å². The Morgan fingerprint density at radius 2 is 1.78 bits per heavy atom. The highest BCUT2D eigenvalue weighted by atomic mass is 35.5. The fourth-order valence-electron chi connectivity index (χ4n) is 5.29. The van der Waals surface area contributed by atoms with Gasteiger partial charge in [0.1, 0.15) is 15.7 Å². The number of hydrogen-bond acceptors (Lipinski definition) is 8. The van der Waals surface area contributed by atoms with Crippen LogP contribution in [0.2, 0.25) is 5.02 Å². The van der Waals surface area contributed by atoms with Crippen LogP contribution in [-0.2, 0) is 10.0 Å². The van der Waals surface area contributed by atoms with Gasteiger partial charge in [-0.3, -0.25) is 0 Å². The zero-order valence-electron chi connectivity index (χ0n) is 24.1. The number of aromatic nitrogens is 2. The molecule has 2 heterocycles. The highest BCUT2D eigenvalue weighted by Crippen LogP contribution is 2.38. The second kappa shape index (κ2) is 12.5. The van der Waals surface area contributed by atoms with Gasteiger partial charge in [0.05, 0.1) is 23.7 Å². The van der Waals surface area contributed by atoms with Crippen molar-refractivity contribution < 1.29 is 13.2 Å². The number of ether oxygens (including phenoxy) is 1. The number of hydrogen-bond donors (Lipinski definition) is 3. The van der Waals surface area contributed by atoms with Crippen LogP contribution in [0.25, 0.3) is 0 Å². The van der Waals surface area contributed by atoms with E-state index in [1.807, 2.05) is 13.8 Å². The number of nitrogens with zero attached hydrogens (tertiary/aromatic N) is 3. The van der Waals surface area contributed by atoms with Crippen molar-refractivity contribution in [2.75, 3.05) is 30.8 Å². The van der Waals surface area contributed by atoms with Crippen LogP contribution in [0.5, 0.6) is 5.75 Å². The Bertz CT molecular complexity index is 1490. The van der Waals surface area contributed by atoms with Crippen molar-refractivity contribution in [3.05, 3.63) is 58.7 Å². The van der Waals surface area contributed by atoms with Gasteiger partial charge in [-0.1, -0.05) is 30.2 Å². The summed E-state index contributed by atoms with van der Waals surface area (Å²) in [5.41, 5.74) is 3.64. The lowest BCUT2D eigenvalue weighted by Crippen LogP contribution is -2.39. The molecule has 3 aromatic rings. The Balaban J connectivity index is 1.41. The Morgan fingerprint density at radius 3 is 2.46 bits per heavy atom. The molecule has 2 aliphatic rings. The molecule has 9 nitrogen and oxygen atoms in total. The van der Waals surface area contributed by atoms with E-state index < -0.39 is 10.0 Å². The van der Waals surface area contributed by atoms with Gasteiger partial charge in [-0.05, 0) is 108 Å². The third-order valence-electron chi connectivity index (χ3n) is 7.74. The van der Waals surface area contributed by atoms with Gasteiger partial charge in [-0.25, -0.2) is 18.1 Å². The summed E-state index contributed by atoms with van der Waals surface area (Å²) in [6.45, 7) is 8.30. The average molecular weight is 599 g/mol. The van der Waals surface area contributed by atoms with Gasteiger partial charge in [0.2, 0.25) is 16.0 Å². The first-order valence-electron chi connectivity index (χ1n) is 14.3. The number of nitrogens with one attached hydrogen (secondary N) is 3. The maximum Gasteiger partial charge on any atom is 0.242 e. The lowest BCUT2D eigenvalue weighted by atomic mass is 9.86. The van der Waals surface area contributed by atoms with Crippen LogP contribution in [-0.4, -0.2) is 55.6 Å². The maximum absolute atomic E-state index is 13.1. The molecule has 11 heteroatoms. The minimum Gasteiger partial charge on any atom is -0.489 e. The Morgan fingerprint density at radius 1 is 1.05 bits per heavy atom. The van der Waals surface area contributed by atoms with Crippen LogP contribution in [0.1, 0.15) is 63.0 Å². The second-order valence-electron chi connectivity index (χ2n) is 11.3. The monoisotopic (exact) mass is 598 g/mol. The number of piperidine rings is 1. The number of aryl methyl sites for hydroxylation is 1. The Kier molecular flexibility index (Phi) is 9.03. The first-order valence-corrected chi connectivity index (χ1v) is 16.1. The zero-order valence-corrected chi connectivity index (χ0v) is 25.6. The summed E-state index contributed by atoms with van der Waals surface area (Å²) < 4.78 is 35.2. The summed E-state index contributed by atoms with van der Waals surface area (Å²) in [7, 11) is -1.55. The van der Waals surface area contributed by atoms with Crippen molar-refractivity contribution in [1.82, 2.24) is 19.6 Å². The van der Waals surface area contributed by atoms with Crippen molar-refractivity contribution in [1.29, 1.82) is 0 Å². The van der Waals surface area contributed by atoms with Gasteiger partial charge in [0, 0.05) is 6.04 Å². The SMILES string of the molecule is Cc1cc(Nc2ncc(Cl)c(Nc3ccccc3S(=O)(=O)NC3CCC3)n2)c(OC(C)C)cc1C1CCN(C)CC1. The van der Waals surface area contributed by atoms with Crippen molar-refractivity contribution in [3.8, 4) is 5.75 Å². The van der Waals surface area contributed by atoms with Crippen LogP contribution in [0.4, 0.5) is 23.1 Å². The molecule has 5 rings (SSSR count). The molecule has 220 valence electrons. The van der Waals surface area contributed by atoms with E-state index in [9.17, 15) is 8.42 Å². The summed E-state index contributed by atoms with van der Waals surface area (Å²) in [5.74, 6) is 1.84. The molecule has 0 amide bonds. The van der Waals surface area contributed by atoms with Crippen LogP contribution >= 0.6 is 11.6 Å². The molecule has 1 saturated heterocycles. The van der Waals surface area contributed by atoms with E-state index in [0.29, 0.717) is 23.4 Å². The van der Waals surface area contributed by atoms with E-state index in [-0.39, 0.29) is 22.1 Å². The summed E-state index contributed by atoms with van der Waals surface area (Å²) in [5, 5.41) is 6.70. The second-order valence-corrected chi connectivity index (χ2v) is 13.4. The number of anilines is 4. The number of rotatable bonds is 10. The smallest absolute Gasteiger partial charge is 0.242 e. The molecule has 0 unspecified atom stereocenters. The van der Waals surface area contributed by atoms with E-state index >= 15 is 0 Å². The third-order valence-corrected chi connectivity index (χ3v) is 9.59. The largest absolute Gasteiger partial charge is 0.489 e. The van der Waals surface area contributed by atoms with E-state index in [4.69, 9.17) is 16.3 Å². The number of para-hydroxylation sites is 1. The molecule has 1 aliphatic heterocycles. The molecule has 3 N–H and O–H groups in total. The Hall–Kier alpha value is -2.92. The predicted molar refractivity (Wildman–Crippen MR) is 164 cm³/mol. The molecule has 2 aromatic carbocycles. The number of halogens is 1. The molecule has 0 atom stereocenters. The number of benzene rings is 2.